The van der Waals surface area contributed by atoms with Crippen LogP contribution in [0.2, 0.25) is 0 Å². The monoisotopic (exact) mass is 424 g/mol. The first-order valence-corrected chi connectivity index (χ1v) is 11.8. The van der Waals surface area contributed by atoms with Crippen molar-refractivity contribution in [1.82, 2.24) is 29.5 Å². The molecule has 8 nitrogen and oxygen atoms in total. The van der Waals surface area contributed by atoms with Gasteiger partial charge >= 0.3 is 0 Å². The molecule has 2 aromatic rings. The number of carbonyl (C=O) groups is 1. The smallest absolute Gasteiger partial charge is 0.255 e. The van der Waals surface area contributed by atoms with E-state index in [0.717, 1.165) is 43.5 Å². The van der Waals surface area contributed by atoms with E-state index in [9.17, 15) is 9.59 Å². The molecule has 2 fully saturated rings. The van der Waals surface area contributed by atoms with Gasteiger partial charge in [0.05, 0.1) is 17.3 Å². The lowest BCUT2D eigenvalue weighted by atomic mass is 9.92. The summed E-state index contributed by atoms with van der Waals surface area (Å²) in [7, 11) is 0. The zero-order valence-electron chi connectivity index (χ0n) is 18.1. The Labute approximate surface area is 182 Å². The van der Waals surface area contributed by atoms with Crippen molar-refractivity contribution in [3.8, 4) is 0 Å². The highest BCUT2D eigenvalue weighted by Crippen LogP contribution is 2.30. The molecule has 3 aliphatic rings. The lowest BCUT2D eigenvalue weighted by Crippen LogP contribution is -2.44. The number of H-pyrrole nitrogens is 1. The number of aromatic nitrogens is 4. The molecular weight excluding hydrogens is 392 g/mol. The van der Waals surface area contributed by atoms with Crippen LogP contribution >= 0.6 is 0 Å². The van der Waals surface area contributed by atoms with Gasteiger partial charge in [0.2, 0.25) is 5.91 Å². The molecule has 0 spiro atoms. The van der Waals surface area contributed by atoms with Crippen molar-refractivity contribution < 1.29 is 4.79 Å². The van der Waals surface area contributed by atoms with E-state index in [1.807, 2.05) is 11.0 Å². The summed E-state index contributed by atoms with van der Waals surface area (Å²) in [5, 5.41) is 4.16. The zero-order chi connectivity index (χ0) is 21.2. The van der Waals surface area contributed by atoms with Crippen molar-refractivity contribution in [2.24, 2.45) is 0 Å². The summed E-state index contributed by atoms with van der Waals surface area (Å²) in [4.78, 5) is 38.4. The normalized spacial score (nSPS) is 23.0. The molecule has 1 aliphatic carbocycles. The molecule has 0 bridgehead atoms. The van der Waals surface area contributed by atoms with Crippen molar-refractivity contribution in [2.75, 3.05) is 13.1 Å². The molecule has 0 radical (unpaired) electrons. The third kappa shape index (κ3) is 4.31. The predicted octanol–water partition coefficient (Wildman–Crippen LogP) is 2.41. The molecule has 2 aromatic heterocycles. The lowest BCUT2D eigenvalue weighted by molar-refractivity contribution is -0.136. The number of likely N-dealkylation sites (tertiary alicyclic amines) is 1. The van der Waals surface area contributed by atoms with Gasteiger partial charge in [-0.1, -0.05) is 19.3 Å². The fraction of sp³-hybridized carbons (Fsp3) is 0.652. The summed E-state index contributed by atoms with van der Waals surface area (Å²) in [6, 6.07) is 2.26. The molecule has 0 unspecified atom stereocenters. The number of nitrogens with zero attached hydrogens (tertiary/aromatic N) is 5. The Balaban J connectivity index is 1.35. The highest BCUT2D eigenvalue weighted by molar-refractivity contribution is 5.76. The Hall–Kier alpha value is -2.48. The van der Waals surface area contributed by atoms with Gasteiger partial charge in [-0.2, -0.15) is 5.10 Å². The van der Waals surface area contributed by atoms with E-state index < -0.39 is 0 Å². The van der Waals surface area contributed by atoms with Crippen LogP contribution in [0.25, 0.3) is 0 Å². The first-order chi connectivity index (χ1) is 15.2. The van der Waals surface area contributed by atoms with Crippen molar-refractivity contribution in [1.29, 1.82) is 0 Å². The summed E-state index contributed by atoms with van der Waals surface area (Å²) in [6.07, 6.45) is 13.6. The maximum Gasteiger partial charge on any atom is 0.255 e. The van der Waals surface area contributed by atoms with Gasteiger partial charge in [0.25, 0.3) is 5.56 Å². The van der Waals surface area contributed by atoms with Gasteiger partial charge < -0.3 is 9.88 Å². The quantitative estimate of drug-likeness (QED) is 0.814. The summed E-state index contributed by atoms with van der Waals surface area (Å²) >= 11 is 0. The minimum Gasteiger partial charge on any atom is -0.331 e. The molecule has 166 valence electrons. The van der Waals surface area contributed by atoms with Crippen LogP contribution in [-0.2, 0) is 24.3 Å². The number of nitrogens with one attached hydrogen (secondary N) is 1. The SMILES string of the molecule is O=C(Cn1cccn1)N1CCCC[C@@H]1c1nc2c(c(=O)[nH]1)CN(C1CCCCC1)CC2. The second kappa shape index (κ2) is 8.94. The van der Waals surface area contributed by atoms with Crippen LogP contribution in [0.3, 0.4) is 0 Å². The molecule has 2 aliphatic heterocycles. The molecule has 4 heterocycles. The molecule has 1 N–H and O–H groups in total. The molecule has 0 aromatic carbocycles. The molecule has 1 amide bonds. The minimum absolute atomic E-state index is 0.0226. The van der Waals surface area contributed by atoms with Crippen molar-refractivity contribution >= 4 is 5.91 Å². The Morgan fingerprint density at radius 2 is 1.94 bits per heavy atom. The Kier molecular flexibility index (Phi) is 5.89. The van der Waals surface area contributed by atoms with Crippen LogP contribution in [0.1, 0.15) is 74.5 Å². The van der Waals surface area contributed by atoms with Gasteiger partial charge in [0.15, 0.2) is 0 Å². The first-order valence-electron chi connectivity index (χ1n) is 11.8. The fourth-order valence-electron chi connectivity index (χ4n) is 5.52. The molecule has 31 heavy (non-hydrogen) atoms. The van der Waals surface area contributed by atoms with E-state index in [1.54, 1.807) is 17.1 Å². The average Bonchev–Trinajstić information content (AvgIpc) is 3.32. The van der Waals surface area contributed by atoms with Crippen LogP contribution in [0.15, 0.2) is 23.3 Å². The van der Waals surface area contributed by atoms with E-state index in [-0.39, 0.29) is 24.1 Å². The van der Waals surface area contributed by atoms with Crippen molar-refractivity contribution in [2.45, 2.75) is 83.0 Å². The van der Waals surface area contributed by atoms with Crippen molar-refractivity contribution in [3.05, 3.63) is 45.9 Å². The van der Waals surface area contributed by atoms with E-state index in [1.165, 1.54) is 32.1 Å². The number of amides is 1. The Morgan fingerprint density at radius 1 is 1.10 bits per heavy atom. The summed E-state index contributed by atoms with van der Waals surface area (Å²) < 4.78 is 1.65. The largest absolute Gasteiger partial charge is 0.331 e. The lowest BCUT2D eigenvalue weighted by Gasteiger charge is -2.38. The first kappa shape index (κ1) is 20.4. The second-order valence-corrected chi connectivity index (χ2v) is 9.19. The fourth-order valence-corrected chi connectivity index (χ4v) is 5.52. The molecule has 1 saturated heterocycles. The Bertz CT molecular complexity index is 963. The highest BCUT2D eigenvalue weighted by atomic mass is 16.2. The summed E-state index contributed by atoms with van der Waals surface area (Å²) in [5.41, 5.74) is 1.73. The number of fused-ring (bicyclic) bond motifs is 1. The van der Waals surface area contributed by atoms with E-state index in [4.69, 9.17) is 4.98 Å². The molecule has 8 heteroatoms. The maximum absolute atomic E-state index is 13.0. The number of piperidine rings is 1. The molecule has 1 saturated carbocycles. The van der Waals surface area contributed by atoms with Gasteiger partial charge in [-0.05, 0) is 38.2 Å². The van der Waals surface area contributed by atoms with Crippen LogP contribution < -0.4 is 5.56 Å². The number of carbonyl (C=O) groups excluding carboxylic acids is 1. The van der Waals surface area contributed by atoms with E-state index in [2.05, 4.69) is 15.0 Å². The average molecular weight is 425 g/mol. The third-order valence-corrected chi connectivity index (χ3v) is 7.20. The highest BCUT2D eigenvalue weighted by Gasteiger charge is 2.32. The number of aromatic amines is 1. The minimum atomic E-state index is -0.161. The summed E-state index contributed by atoms with van der Waals surface area (Å²) in [6.45, 7) is 2.59. The molecule has 1 atom stereocenters. The van der Waals surface area contributed by atoms with Crippen LogP contribution in [0.5, 0.6) is 0 Å². The molecule has 5 rings (SSSR count). The van der Waals surface area contributed by atoms with E-state index in [0.29, 0.717) is 25.0 Å². The molecular formula is C23H32N6O2. The standard InChI is InChI=1S/C23H32N6O2/c30-21(16-28-12-6-11-24-28)29-13-5-4-9-20(29)22-25-19-10-14-27(15-18(19)23(31)26-22)17-7-2-1-3-8-17/h6,11-12,17,20H,1-5,7-10,13-16H2,(H,25,26,31)/t20-/m1/s1. The van der Waals surface area contributed by atoms with Crippen LogP contribution in [0, 0.1) is 0 Å². The third-order valence-electron chi connectivity index (χ3n) is 7.20. The topological polar surface area (TPSA) is 87.1 Å². The van der Waals surface area contributed by atoms with Gasteiger partial charge in [-0.3, -0.25) is 19.2 Å². The van der Waals surface area contributed by atoms with Gasteiger partial charge in [-0.15, -0.1) is 0 Å². The van der Waals surface area contributed by atoms with Gasteiger partial charge in [0, 0.05) is 44.5 Å². The zero-order valence-corrected chi connectivity index (χ0v) is 18.1. The van der Waals surface area contributed by atoms with Gasteiger partial charge in [0.1, 0.15) is 12.4 Å². The van der Waals surface area contributed by atoms with Crippen molar-refractivity contribution in [3.63, 3.8) is 0 Å². The summed E-state index contributed by atoms with van der Waals surface area (Å²) in [5.74, 6) is 0.681. The number of rotatable bonds is 4. The van der Waals surface area contributed by atoms with Gasteiger partial charge in [-0.25, -0.2) is 4.98 Å². The second-order valence-electron chi connectivity index (χ2n) is 9.19. The van der Waals surface area contributed by atoms with E-state index >= 15 is 0 Å². The predicted molar refractivity (Wildman–Crippen MR) is 116 cm³/mol. The Morgan fingerprint density at radius 3 is 2.74 bits per heavy atom. The maximum atomic E-state index is 13.0. The van der Waals surface area contributed by atoms with Crippen LogP contribution in [0.4, 0.5) is 0 Å². The number of hydrogen-bond donors (Lipinski definition) is 1. The number of hydrogen-bond acceptors (Lipinski definition) is 5. The van der Waals surface area contributed by atoms with Crippen LogP contribution in [-0.4, -0.2) is 54.6 Å².